The molecule has 0 radical (unpaired) electrons. The molecule has 44 heavy (non-hydrogen) atoms. The van der Waals surface area contributed by atoms with Gasteiger partial charge in [-0.1, -0.05) is 96.0 Å². The molecule has 2 aliphatic rings. The third-order valence-corrected chi connectivity index (χ3v) is 8.89. The Labute approximate surface area is 265 Å². The highest BCUT2D eigenvalue weighted by Crippen LogP contribution is 2.35. The number of esters is 1. The predicted molar refractivity (Wildman–Crippen MR) is 173 cm³/mol. The number of amides is 2. The van der Waals surface area contributed by atoms with Crippen LogP contribution in [0.15, 0.2) is 30.3 Å². The van der Waals surface area contributed by atoms with Crippen molar-refractivity contribution in [2.75, 3.05) is 13.2 Å². The van der Waals surface area contributed by atoms with Crippen LogP contribution in [0.2, 0.25) is 0 Å². The second-order valence-corrected chi connectivity index (χ2v) is 14.0. The van der Waals surface area contributed by atoms with Gasteiger partial charge in [0.25, 0.3) is 0 Å². The number of ether oxygens (including phenoxy) is 3. The molecule has 1 heterocycles. The molecule has 3 rings (SSSR count). The van der Waals surface area contributed by atoms with E-state index in [1.54, 1.807) is 13.8 Å². The molecule has 1 aliphatic heterocycles. The first-order valence-corrected chi connectivity index (χ1v) is 17.1. The van der Waals surface area contributed by atoms with Crippen LogP contribution in [0.5, 0.6) is 0 Å². The predicted octanol–water partition coefficient (Wildman–Crippen LogP) is 6.64. The minimum Gasteiger partial charge on any atom is -0.462 e. The Hall–Kier alpha value is -2.45. The monoisotopic (exact) mass is 614 g/mol. The fourth-order valence-electron chi connectivity index (χ4n) is 6.22. The van der Waals surface area contributed by atoms with E-state index in [1.807, 2.05) is 32.0 Å². The molecule has 4 atom stereocenters. The summed E-state index contributed by atoms with van der Waals surface area (Å²) in [6.45, 7) is 10.3. The molecule has 0 spiro atoms. The molecule has 1 saturated heterocycles. The summed E-state index contributed by atoms with van der Waals surface area (Å²) in [4.78, 5) is 39.0. The average Bonchev–Trinajstić information content (AvgIpc) is 2.98. The molecule has 1 aliphatic carbocycles. The van der Waals surface area contributed by atoms with E-state index >= 15 is 0 Å². The fourth-order valence-corrected chi connectivity index (χ4v) is 6.22. The minimum atomic E-state index is -0.834. The van der Waals surface area contributed by atoms with Crippen molar-refractivity contribution in [3.05, 3.63) is 35.9 Å². The van der Waals surface area contributed by atoms with Gasteiger partial charge in [0.15, 0.2) is 5.79 Å². The van der Waals surface area contributed by atoms with Crippen molar-refractivity contribution in [1.29, 1.82) is 0 Å². The number of hydrogen-bond acceptors (Lipinski definition) is 6. The standard InChI is InChI=1S/C36H58N2O6/c1-6-7-8-9-10-11-15-19-28(24-27-17-13-12-14-18-27)33(40)38-29-20-16-21-30(25-29)43-31(39)22-23-37-34(41)32-35(2,3)26-42-36(4,5)44-32/h12-14,17-18,28-30,32H,6-11,15-16,19-26H2,1-5H3,(H,37,41)(H,38,40). The Morgan fingerprint density at radius 3 is 2.41 bits per heavy atom. The van der Waals surface area contributed by atoms with Crippen molar-refractivity contribution in [2.24, 2.45) is 11.3 Å². The molecular formula is C36H58N2O6. The molecule has 2 amide bonds. The first-order valence-electron chi connectivity index (χ1n) is 17.1. The number of nitrogens with one attached hydrogen (secondary N) is 2. The Balaban J connectivity index is 1.43. The lowest BCUT2D eigenvalue weighted by Gasteiger charge is -2.44. The van der Waals surface area contributed by atoms with Gasteiger partial charge in [0.2, 0.25) is 11.8 Å². The third-order valence-electron chi connectivity index (χ3n) is 8.89. The zero-order valence-corrected chi connectivity index (χ0v) is 28.0. The molecule has 8 heteroatoms. The number of rotatable bonds is 17. The maximum absolute atomic E-state index is 13.5. The highest BCUT2D eigenvalue weighted by molar-refractivity contribution is 5.82. The van der Waals surface area contributed by atoms with Crippen LogP contribution < -0.4 is 10.6 Å². The summed E-state index contributed by atoms with van der Waals surface area (Å²) in [7, 11) is 0. The zero-order chi connectivity index (χ0) is 32.0. The van der Waals surface area contributed by atoms with Gasteiger partial charge in [-0.3, -0.25) is 14.4 Å². The normalized spacial score (nSPS) is 23.3. The molecule has 2 N–H and O–H groups in total. The summed E-state index contributed by atoms with van der Waals surface area (Å²) in [6, 6.07) is 10.3. The van der Waals surface area contributed by atoms with Gasteiger partial charge in [-0.2, -0.15) is 0 Å². The van der Waals surface area contributed by atoms with E-state index in [1.165, 1.54) is 44.1 Å². The highest BCUT2D eigenvalue weighted by atomic mass is 16.7. The topological polar surface area (TPSA) is 103 Å². The lowest BCUT2D eigenvalue weighted by Crippen LogP contribution is -2.56. The van der Waals surface area contributed by atoms with Crippen LogP contribution in [-0.4, -0.2) is 55.0 Å². The van der Waals surface area contributed by atoms with E-state index in [-0.39, 0.29) is 48.8 Å². The van der Waals surface area contributed by atoms with E-state index in [9.17, 15) is 14.4 Å². The largest absolute Gasteiger partial charge is 0.462 e. The van der Waals surface area contributed by atoms with Crippen LogP contribution in [0.3, 0.4) is 0 Å². The number of hydrogen-bond donors (Lipinski definition) is 2. The average molecular weight is 615 g/mol. The lowest BCUT2D eigenvalue weighted by atomic mass is 9.85. The Morgan fingerprint density at radius 1 is 0.977 bits per heavy atom. The van der Waals surface area contributed by atoms with Gasteiger partial charge in [-0.05, 0) is 51.5 Å². The van der Waals surface area contributed by atoms with E-state index in [0.717, 1.165) is 38.5 Å². The molecule has 8 nitrogen and oxygen atoms in total. The van der Waals surface area contributed by atoms with Gasteiger partial charge < -0.3 is 24.8 Å². The molecule has 248 valence electrons. The maximum Gasteiger partial charge on any atom is 0.307 e. The van der Waals surface area contributed by atoms with Gasteiger partial charge in [-0.25, -0.2) is 0 Å². The molecule has 2 fully saturated rings. The number of carbonyl (C=O) groups excluding carboxylic acids is 3. The van der Waals surface area contributed by atoms with Crippen LogP contribution in [0.1, 0.15) is 124 Å². The smallest absolute Gasteiger partial charge is 0.307 e. The van der Waals surface area contributed by atoms with E-state index in [4.69, 9.17) is 14.2 Å². The van der Waals surface area contributed by atoms with Crippen molar-refractivity contribution < 1.29 is 28.6 Å². The third kappa shape index (κ3) is 12.5. The van der Waals surface area contributed by atoms with Crippen LogP contribution in [-0.2, 0) is 35.0 Å². The van der Waals surface area contributed by atoms with Crippen molar-refractivity contribution in [3.63, 3.8) is 0 Å². The van der Waals surface area contributed by atoms with Crippen LogP contribution in [0.25, 0.3) is 0 Å². The summed E-state index contributed by atoms with van der Waals surface area (Å²) in [5.74, 6) is -1.37. The second kappa shape index (κ2) is 17.9. The fraction of sp³-hybridized carbons (Fsp3) is 0.750. The van der Waals surface area contributed by atoms with Crippen LogP contribution in [0.4, 0.5) is 0 Å². The zero-order valence-electron chi connectivity index (χ0n) is 28.0. The molecular weight excluding hydrogens is 556 g/mol. The molecule has 4 unspecified atom stereocenters. The summed E-state index contributed by atoms with van der Waals surface area (Å²) in [6.07, 6.45) is 12.6. The Bertz CT molecular complexity index is 1030. The van der Waals surface area contributed by atoms with E-state index < -0.39 is 17.3 Å². The highest BCUT2D eigenvalue weighted by Gasteiger charge is 2.45. The first-order chi connectivity index (χ1) is 21.0. The maximum atomic E-state index is 13.5. The van der Waals surface area contributed by atoms with Crippen molar-refractivity contribution in [2.45, 2.75) is 149 Å². The van der Waals surface area contributed by atoms with Gasteiger partial charge in [0.05, 0.1) is 13.0 Å². The second-order valence-electron chi connectivity index (χ2n) is 14.0. The van der Waals surface area contributed by atoms with Crippen molar-refractivity contribution in [1.82, 2.24) is 10.6 Å². The molecule has 1 aromatic rings. The van der Waals surface area contributed by atoms with Gasteiger partial charge in [-0.15, -0.1) is 0 Å². The summed E-state index contributed by atoms with van der Waals surface area (Å²) >= 11 is 0. The SMILES string of the molecule is CCCCCCCCCC(Cc1ccccc1)C(=O)NC1CCCC(OC(=O)CCNC(=O)C2OC(C)(C)OCC2(C)C)C1. The summed E-state index contributed by atoms with van der Waals surface area (Å²) in [5.41, 5.74) is 0.713. The van der Waals surface area contributed by atoms with Gasteiger partial charge >= 0.3 is 5.97 Å². The number of carbonyl (C=O) groups is 3. The molecule has 0 aromatic heterocycles. The minimum absolute atomic E-state index is 0.00248. The van der Waals surface area contributed by atoms with Crippen LogP contribution >= 0.6 is 0 Å². The van der Waals surface area contributed by atoms with E-state index in [0.29, 0.717) is 13.0 Å². The summed E-state index contributed by atoms with van der Waals surface area (Å²) in [5, 5.41) is 6.15. The Kier molecular flexibility index (Phi) is 14.6. The Morgan fingerprint density at radius 2 is 1.68 bits per heavy atom. The first kappa shape index (κ1) is 36.0. The van der Waals surface area contributed by atoms with Crippen LogP contribution in [0, 0.1) is 11.3 Å². The van der Waals surface area contributed by atoms with Gasteiger partial charge in [0.1, 0.15) is 12.2 Å². The lowest BCUT2D eigenvalue weighted by molar-refractivity contribution is -0.304. The summed E-state index contributed by atoms with van der Waals surface area (Å²) < 4.78 is 17.4. The molecule has 1 saturated carbocycles. The van der Waals surface area contributed by atoms with Crippen molar-refractivity contribution >= 4 is 17.8 Å². The number of benzene rings is 1. The van der Waals surface area contributed by atoms with E-state index in [2.05, 4.69) is 29.7 Å². The number of unbranched alkanes of at least 4 members (excludes halogenated alkanes) is 6. The molecule has 1 aromatic carbocycles. The quantitative estimate of drug-likeness (QED) is 0.151. The molecule has 0 bridgehead atoms. The van der Waals surface area contributed by atoms with Crippen molar-refractivity contribution in [3.8, 4) is 0 Å². The van der Waals surface area contributed by atoms with Gasteiger partial charge in [0, 0.05) is 30.3 Å².